The number of amides is 2. The molecule has 1 aromatic heterocycles. The molecule has 0 aromatic carbocycles. The van der Waals surface area contributed by atoms with E-state index in [4.69, 9.17) is 0 Å². The second-order valence-electron chi connectivity index (χ2n) is 2.54. The molecule has 9 heteroatoms. The van der Waals surface area contributed by atoms with Crippen molar-refractivity contribution >= 4 is 23.2 Å². The molecule has 1 atom stereocenters. The smallest absolute Gasteiger partial charge is 0.332 e. The first-order chi connectivity index (χ1) is 6.97. The zero-order valence-corrected chi connectivity index (χ0v) is 8.79. The molecule has 0 saturated heterocycles. The highest BCUT2D eigenvalue weighted by Gasteiger charge is 2.05. The van der Waals surface area contributed by atoms with Gasteiger partial charge >= 0.3 is 6.03 Å². The quantitative estimate of drug-likeness (QED) is 0.655. The monoisotopic (exact) mass is 230 g/mol. The summed E-state index contributed by atoms with van der Waals surface area (Å²) in [4.78, 5) is 22.4. The van der Waals surface area contributed by atoms with Crippen molar-refractivity contribution < 1.29 is 13.6 Å². The predicted molar refractivity (Wildman–Crippen MR) is 50.4 cm³/mol. The van der Waals surface area contributed by atoms with Crippen LogP contribution < -0.4 is 10.0 Å². The lowest BCUT2D eigenvalue weighted by atomic mass is 10.6. The number of hydrogen-bond acceptors (Lipinski definition) is 6. The molecule has 2 amide bonds. The van der Waals surface area contributed by atoms with Crippen LogP contribution in [0, 0.1) is 13.8 Å². The van der Waals surface area contributed by atoms with Crippen molar-refractivity contribution in [2.45, 2.75) is 13.8 Å². The number of nitrogens with zero attached hydrogens (tertiary/aromatic N) is 3. The third kappa shape index (κ3) is 3.95. The second kappa shape index (κ2) is 4.75. The van der Waals surface area contributed by atoms with Gasteiger partial charge in [-0.1, -0.05) is 0 Å². The van der Waals surface area contributed by atoms with E-state index in [0.29, 0.717) is 11.6 Å². The van der Waals surface area contributed by atoms with Gasteiger partial charge in [0.05, 0.1) is 0 Å². The highest BCUT2D eigenvalue weighted by atomic mass is 32.2. The number of anilines is 1. The molecule has 0 aliphatic rings. The maximum absolute atomic E-state index is 10.9. The average molecular weight is 230 g/mol. The summed E-state index contributed by atoms with van der Waals surface area (Å²) in [5.74, 6) is 0.866. The Morgan fingerprint density at radius 2 is 1.80 bits per heavy atom. The Morgan fingerprint density at radius 1 is 1.27 bits per heavy atom. The van der Waals surface area contributed by atoms with Gasteiger partial charge in [0.2, 0.25) is 5.95 Å². The molecular weight excluding hydrogens is 222 g/mol. The zero-order chi connectivity index (χ0) is 11.4. The Labute approximate surface area is 88.0 Å². The minimum Gasteiger partial charge on any atom is -0.755 e. The SMILES string of the molecule is Cc1nc(C)nc(NC(=O)NS(=O)[O-])n1. The molecule has 0 aliphatic heterocycles. The van der Waals surface area contributed by atoms with Crippen molar-refractivity contribution in [1.29, 1.82) is 0 Å². The molecule has 8 nitrogen and oxygen atoms in total. The molecule has 0 bridgehead atoms. The molecule has 0 spiro atoms. The van der Waals surface area contributed by atoms with Crippen LogP contribution in [0.2, 0.25) is 0 Å². The van der Waals surface area contributed by atoms with Crippen LogP contribution in [-0.2, 0) is 11.3 Å². The molecule has 0 fully saturated rings. The third-order valence-corrected chi connectivity index (χ3v) is 1.61. The van der Waals surface area contributed by atoms with E-state index < -0.39 is 17.3 Å². The largest absolute Gasteiger partial charge is 0.755 e. The number of urea groups is 1. The van der Waals surface area contributed by atoms with Crippen LogP contribution in [0.1, 0.15) is 11.6 Å². The van der Waals surface area contributed by atoms with Gasteiger partial charge < -0.3 is 4.55 Å². The standard InChI is InChI=1S/C6H9N5O3S/c1-3-7-4(2)9-5(8-3)10-6(12)11-15(13)14/h1-2H3,(H,13,14)(H2,7,8,9,10,11,12)/p-1. The van der Waals surface area contributed by atoms with E-state index in [0.717, 1.165) is 0 Å². The summed E-state index contributed by atoms with van der Waals surface area (Å²) in [7, 11) is 0. The molecule has 0 aliphatic carbocycles. The zero-order valence-electron chi connectivity index (χ0n) is 7.97. The first-order valence-corrected chi connectivity index (χ1v) is 4.91. The Balaban J connectivity index is 2.72. The first kappa shape index (κ1) is 11.5. The molecule has 1 heterocycles. The van der Waals surface area contributed by atoms with Crippen LogP contribution in [0.3, 0.4) is 0 Å². The third-order valence-electron chi connectivity index (χ3n) is 1.26. The number of rotatable bonds is 2. The van der Waals surface area contributed by atoms with Crippen LogP contribution in [0.25, 0.3) is 0 Å². The number of aromatic nitrogens is 3. The Hall–Kier alpha value is -1.61. The molecule has 1 unspecified atom stereocenters. The van der Waals surface area contributed by atoms with Crippen molar-refractivity contribution in [1.82, 2.24) is 19.7 Å². The molecule has 1 aromatic rings. The van der Waals surface area contributed by atoms with Crippen LogP contribution in [0.15, 0.2) is 0 Å². The number of nitrogens with one attached hydrogen (secondary N) is 2. The summed E-state index contributed by atoms with van der Waals surface area (Å²) in [5.41, 5.74) is 0. The van der Waals surface area contributed by atoms with Crippen molar-refractivity contribution in [3.8, 4) is 0 Å². The lowest BCUT2D eigenvalue weighted by Gasteiger charge is -2.08. The van der Waals surface area contributed by atoms with E-state index in [1.807, 2.05) is 0 Å². The average Bonchev–Trinajstić information content (AvgIpc) is 1.98. The van der Waals surface area contributed by atoms with Crippen molar-refractivity contribution in [2.24, 2.45) is 0 Å². The Morgan fingerprint density at radius 3 is 2.27 bits per heavy atom. The Bertz CT molecular complexity index is 390. The normalized spacial score (nSPS) is 11.9. The number of aryl methyl sites for hydroxylation is 2. The van der Waals surface area contributed by atoms with E-state index in [1.54, 1.807) is 18.6 Å². The van der Waals surface area contributed by atoms with Gasteiger partial charge in [-0.2, -0.15) is 9.97 Å². The maximum Gasteiger partial charge on any atom is 0.332 e. The molecule has 2 N–H and O–H groups in total. The fourth-order valence-corrected chi connectivity index (χ4v) is 1.08. The van der Waals surface area contributed by atoms with Gasteiger partial charge in [-0.3, -0.25) is 14.2 Å². The van der Waals surface area contributed by atoms with Crippen molar-refractivity contribution in [2.75, 3.05) is 5.32 Å². The number of hydrogen-bond donors (Lipinski definition) is 2. The van der Waals surface area contributed by atoms with Gasteiger partial charge in [0.25, 0.3) is 0 Å². The molecule has 15 heavy (non-hydrogen) atoms. The highest BCUT2D eigenvalue weighted by Crippen LogP contribution is 1.99. The minimum atomic E-state index is -2.66. The lowest BCUT2D eigenvalue weighted by molar-refractivity contribution is 0.256. The highest BCUT2D eigenvalue weighted by molar-refractivity contribution is 7.77. The topological polar surface area (TPSA) is 120 Å². The van der Waals surface area contributed by atoms with E-state index in [2.05, 4.69) is 20.3 Å². The fraction of sp³-hybridized carbons (Fsp3) is 0.333. The summed E-state index contributed by atoms with van der Waals surface area (Å²) in [6.45, 7) is 3.26. The summed E-state index contributed by atoms with van der Waals surface area (Å²) in [6, 6.07) is -0.923. The molecule has 1 rings (SSSR count). The van der Waals surface area contributed by atoms with Crippen molar-refractivity contribution in [3.63, 3.8) is 0 Å². The van der Waals surface area contributed by atoms with Crippen LogP contribution >= 0.6 is 0 Å². The number of carbonyl (C=O) groups is 1. The fourth-order valence-electron chi connectivity index (χ4n) is 0.874. The maximum atomic E-state index is 10.9. The molecule has 0 radical (unpaired) electrons. The van der Waals surface area contributed by atoms with Crippen LogP contribution in [0.4, 0.5) is 10.7 Å². The van der Waals surface area contributed by atoms with E-state index >= 15 is 0 Å². The van der Waals surface area contributed by atoms with E-state index in [1.165, 1.54) is 0 Å². The van der Waals surface area contributed by atoms with Gasteiger partial charge in [0.1, 0.15) is 11.6 Å². The van der Waals surface area contributed by atoms with Gasteiger partial charge in [0.15, 0.2) is 0 Å². The summed E-state index contributed by atoms with van der Waals surface area (Å²) in [6.07, 6.45) is 0. The second-order valence-corrected chi connectivity index (χ2v) is 3.22. The van der Waals surface area contributed by atoms with Crippen molar-refractivity contribution in [3.05, 3.63) is 11.6 Å². The van der Waals surface area contributed by atoms with E-state index in [9.17, 15) is 13.6 Å². The summed E-state index contributed by atoms with van der Waals surface area (Å²) >= 11 is -2.66. The molecular formula is C6H8N5O3S-. The van der Waals surface area contributed by atoms with Gasteiger partial charge in [-0.25, -0.2) is 9.78 Å². The summed E-state index contributed by atoms with van der Waals surface area (Å²) < 4.78 is 21.8. The summed E-state index contributed by atoms with van der Waals surface area (Å²) in [5, 5.41) is 2.15. The Kier molecular flexibility index (Phi) is 3.63. The van der Waals surface area contributed by atoms with Crippen LogP contribution in [0.5, 0.6) is 0 Å². The van der Waals surface area contributed by atoms with Gasteiger partial charge in [-0.15, -0.1) is 0 Å². The minimum absolute atomic E-state index is 0.00273. The van der Waals surface area contributed by atoms with Gasteiger partial charge in [0, 0.05) is 11.3 Å². The molecule has 0 saturated carbocycles. The number of carbonyl (C=O) groups excluding carboxylic acids is 1. The predicted octanol–water partition coefficient (Wildman–Crippen LogP) is -0.596. The molecule has 82 valence electrons. The lowest BCUT2D eigenvalue weighted by Crippen LogP contribution is -2.31. The van der Waals surface area contributed by atoms with Gasteiger partial charge in [-0.05, 0) is 13.8 Å². The van der Waals surface area contributed by atoms with Crippen LogP contribution in [-0.4, -0.2) is 29.7 Å². The van der Waals surface area contributed by atoms with E-state index in [-0.39, 0.29) is 5.95 Å². The first-order valence-electron chi connectivity index (χ1n) is 3.83.